The summed E-state index contributed by atoms with van der Waals surface area (Å²) >= 11 is 0. The van der Waals surface area contributed by atoms with Crippen LogP contribution in [0.5, 0.6) is 0 Å². The molecular formula is C20H29FN4O. The predicted octanol–water partition coefficient (Wildman–Crippen LogP) is 2.74. The molecule has 26 heavy (non-hydrogen) atoms. The molecule has 0 amide bonds. The molecule has 1 aromatic carbocycles. The first-order valence-electron chi connectivity index (χ1n) is 9.42. The highest BCUT2D eigenvalue weighted by atomic mass is 19.1. The second kappa shape index (κ2) is 8.75. The third-order valence-electron chi connectivity index (χ3n) is 5.00. The van der Waals surface area contributed by atoms with E-state index in [1.807, 2.05) is 6.20 Å². The van der Waals surface area contributed by atoms with Gasteiger partial charge in [-0.15, -0.1) is 0 Å². The molecule has 2 aromatic rings. The Hall–Kier alpha value is -1.76. The second-order valence-corrected chi connectivity index (χ2v) is 7.57. The lowest BCUT2D eigenvalue weighted by Gasteiger charge is -2.42. The first kappa shape index (κ1) is 19.0. The molecule has 1 aromatic heterocycles. The van der Waals surface area contributed by atoms with Crippen LogP contribution in [0.2, 0.25) is 0 Å². The summed E-state index contributed by atoms with van der Waals surface area (Å²) in [7, 11) is 0. The maximum absolute atomic E-state index is 13.2. The lowest BCUT2D eigenvalue weighted by molar-refractivity contribution is 0.0477. The minimum atomic E-state index is -0.233. The zero-order valence-corrected chi connectivity index (χ0v) is 15.7. The fourth-order valence-electron chi connectivity index (χ4n) is 3.77. The van der Waals surface area contributed by atoms with Crippen LogP contribution in [0.25, 0.3) is 11.3 Å². The van der Waals surface area contributed by atoms with Crippen LogP contribution in [0.3, 0.4) is 0 Å². The van der Waals surface area contributed by atoms with Crippen molar-refractivity contribution in [2.45, 2.75) is 32.9 Å². The van der Waals surface area contributed by atoms with Gasteiger partial charge in [-0.05, 0) is 36.6 Å². The molecule has 1 atom stereocenters. The van der Waals surface area contributed by atoms with Crippen molar-refractivity contribution in [2.24, 2.45) is 5.92 Å². The third kappa shape index (κ3) is 4.69. The number of rotatable bonds is 7. The van der Waals surface area contributed by atoms with Gasteiger partial charge in [-0.1, -0.05) is 13.8 Å². The number of benzene rings is 1. The predicted molar refractivity (Wildman–Crippen MR) is 101 cm³/mol. The normalized spacial score (nSPS) is 19.3. The van der Waals surface area contributed by atoms with Crippen LogP contribution in [0.1, 0.15) is 25.8 Å². The van der Waals surface area contributed by atoms with Gasteiger partial charge in [0.15, 0.2) is 0 Å². The van der Waals surface area contributed by atoms with Crippen LogP contribution in [-0.2, 0) is 6.54 Å². The lowest BCUT2D eigenvalue weighted by atomic mass is 10.0. The monoisotopic (exact) mass is 360 g/mol. The average molecular weight is 360 g/mol. The summed E-state index contributed by atoms with van der Waals surface area (Å²) in [5.74, 6) is 0.393. The molecule has 0 radical (unpaired) electrons. The molecule has 5 nitrogen and oxygen atoms in total. The summed E-state index contributed by atoms with van der Waals surface area (Å²) in [6.45, 7) is 9.55. The van der Waals surface area contributed by atoms with Crippen LogP contribution < -0.4 is 0 Å². The Morgan fingerprint density at radius 3 is 2.73 bits per heavy atom. The number of aliphatic hydroxyl groups excluding tert-OH is 1. The van der Waals surface area contributed by atoms with Gasteiger partial charge in [0.2, 0.25) is 0 Å². The van der Waals surface area contributed by atoms with Crippen molar-refractivity contribution in [1.82, 2.24) is 20.0 Å². The summed E-state index contributed by atoms with van der Waals surface area (Å²) in [5, 5.41) is 16.7. The average Bonchev–Trinajstić information content (AvgIpc) is 3.06. The number of hydrogen-bond donors (Lipinski definition) is 2. The van der Waals surface area contributed by atoms with Crippen molar-refractivity contribution in [1.29, 1.82) is 0 Å². The number of aromatic nitrogens is 2. The molecule has 142 valence electrons. The molecule has 1 saturated heterocycles. The van der Waals surface area contributed by atoms with Gasteiger partial charge in [-0.3, -0.25) is 14.9 Å². The zero-order valence-electron chi connectivity index (χ0n) is 15.7. The highest BCUT2D eigenvalue weighted by molar-refractivity contribution is 5.62. The molecule has 0 bridgehead atoms. The highest BCUT2D eigenvalue weighted by Gasteiger charge is 2.27. The fourth-order valence-corrected chi connectivity index (χ4v) is 3.77. The minimum Gasteiger partial charge on any atom is -0.396 e. The van der Waals surface area contributed by atoms with Crippen LogP contribution in [-0.4, -0.2) is 63.9 Å². The third-order valence-corrected chi connectivity index (χ3v) is 5.00. The topological polar surface area (TPSA) is 55.4 Å². The van der Waals surface area contributed by atoms with Crippen molar-refractivity contribution in [3.05, 3.63) is 41.8 Å². The van der Waals surface area contributed by atoms with Gasteiger partial charge in [0.05, 0.1) is 11.9 Å². The first-order chi connectivity index (χ1) is 12.6. The van der Waals surface area contributed by atoms with Crippen LogP contribution in [0, 0.1) is 11.7 Å². The van der Waals surface area contributed by atoms with E-state index >= 15 is 0 Å². The van der Waals surface area contributed by atoms with E-state index in [4.69, 9.17) is 0 Å². The van der Waals surface area contributed by atoms with E-state index < -0.39 is 0 Å². The highest BCUT2D eigenvalue weighted by Crippen LogP contribution is 2.24. The molecule has 2 N–H and O–H groups in total. The van der Waals surface area contributed by atoms with Crippen LogP contribution in [0.15, 0.2) is 30.5 Å². The SMILES string of the molecule is CC(C)CN1CCN(Cc2cn[nH]c2-c2ccc(F)cc2)C[C@H]1CCO. The molecular weight excluding hydrogens is 331 g/mol. The van der Waals surface area contributed by atoms with Gasteiger partial charge in [-0.2, -0.15) is 5.10 Å². The smallest absolute Gasteiger partial charge is 0.123 e. The summed E-state index contributed by atoms with van der Waals surface area (Å²) in [6, 6.07) is 6.89. The van der Waals surface area contributed by atoms with E-state index in [2.05, 4.69) is 33.8 Å². The Kier molecular flexibility index (Phi) is 6.40. The van der Waals surface area contributed by atoms with Crippen molar-refractivity contribution >= 4 is 0 Å². The Bertz CT molecular complexity index is 685. The number of piperazine rings is 1. The number of nitrogens with zero attached hydrogens (tertiary/aromatic N) is 3. The van der Waals surface area contributed by atoms with Gasteiger partial charge in [0, 0.05) is 56.5 Å². The Labute approximate surface area is 154 Å². The quantitative estimate of drug-likeness (QED) is 0.797. The van der Waals surface area contributed by atoms with Crippen molar-refractivity contribution in [2.75, 3.05) is 32.8 Å². The van der Waals surface area contributed by atoms with Crippen molar-refractivity contribution < 1.29 is 9.50 Å². The van der Waals surface area contributed by atoms with E-state index in [1.54, 1.807) is 12.1 Å². The maximum atomic E-state index is 13.2. The lowest BCUT2D eigenvalue weighted by Crippen LogP contribution is -2.53. The second-order valence-electron chi connectivity index (χ2n) is 7.57. The molecule has 6 heteroatoms. The van der Waals surface area contributed by atoms with E-state index in [1.165, 1.54) is 12.1 Å². The van der Waals surface area contributed by atoms with Crippen molar-refractivity contribution in [3.63, 3.8) is 0 Å². The van der Waals surface area contributed by atoms with Gasteiger partial charge < -0.3 is 5.11 Å². The minimum absolute atomic E-state index is 0.222. The molecule has 0 spiro atoms. The number of aromatic amines is 1. The van der Waals surface area contributed by atoms with Crippen LogP contribution >= 0.6 is 0 Å². The summed E-state index contributed by atoms with van der Waals surface area (Å²) < 4.78 is 13.2. The summed E-state index contributed by atoms with van der Waals surface area (Å²) in [4.78, 5) is 4.93. The number of hydrogen-bond acceptors (Lipinski definition) is 4. The Morgan fingerprint density at radius 2 is 2.04 bits per heavy atom. The molecule has 3 rings (SSSR count). The van der Waals surface area contributed by atoms with Gasteiger partial charge in [0.1, 0.15) is 5.82 Å². The molecule has 1 aliphatic rings. The maximum Gasteiger partial charge on any atom is 0.123 e. The number of nitrogens with one attached hydrogen (secondary N) is 1. The number of H-pyrrole nitrogens is 1. The largest absolute Gasteiger partial charge is 0.396 e. The standard InChI is InChI=1S/C20H29FN4O/c1-15(2)12-25-9-8-24(14-19(25)7-10-26)13-17-11-22-23-20(17)16-3-5-18(21)6-4-16/h3-6,11,15,19,26H,7-10,12-14H2,1-2H3,(H,22,23)/t19-/m1/s1. The van der Waals surface area contributed by atoms with Gasteiger partial charge in [-0.25, -0.2) is 4.39 Å². The van der Waals surface area contributed by atoms with E-state index in [9.17, 15) is 9.50 Å². The van der Waals surface area contributed by atoms with E-state index in [0.29, 0.717) is 12.0 Å². The van der Waals surface area contributed by atoms with Gasteiger partial charge in [0.25, 0.3) is 0 Å². The zero-order chi connectivity index (χ0) is 18.5. The molecule has 0 saturated carbocycles. The summed E-state index contributed by atoms with van der Waals surface area (Å²) in [6.07, 6.45) is 2.67. The molecule has 1 aliphatic heterocycles. The summed E-state index contributed by atoms with van der Waals surface area (Å²) in [5.41, 5.74) is 3.02. The Morgan fingerprint density at radius 1 is 1.27 bits per heavy atom. The molecule has 0 unspecified atom stereocenters. The Balaban J connectivity index is 1.68. The van der Waals surface area contributed by atoms with Crippen molar-refractivity contribution in [3.8, 4) is 11.3 Å². The van der Waals surface area contributed by atoms with Gasteiger partial charge >= 0.3 is 0 Å². The molecule has 0 aliphatic carbocycles. The van der Waals surface area contributed by atoms with E-state index in [-0.39, 0.29) is 12.4 Å². The number of halogens is 1. The first-order valence-corrected chi connectivity index (χ1v) is 9.42. The fraction of sp³-hybridized carbons (Fsp3) is 0.550. The molecule has 1 fully saturated rings. The van der Waals surface area contributed by atoms with E-state index in [0.717, 1.165) is 56.0 Å². The van der Waals surface area contributed by atoms with Crippen LogP contribution in [0.4, 0.5) is 4.39 Å². The number of aliphatic hydroxyl groups is 1. The molecule has 2 heterocycles.